The minimum atomic E-state index is -0.446. The van der Waals surface area contributed by atoms with Crippen molar-refractivity contribution in [3.05, 3.63) is 147 Å². The van der Waals surface area contributed by atoms with E-state index >= 15 is 0 Å². The second-order valence-electron chi connectivity index (χ2n) is 5.42. The Kier molecular flexibility index (Phi) is 27.9. The molecule has 0 radical (unpaired) electrons. The molecule has 0 heterocycles. The zero-order chi connectivity index (χ0) is 23.2. The third kappa shape index (κ3) is 14.5. The SMILES string of the molecule is [Au+].[C-]#[O+].[C-]#[O+].[C-]#[O+].[Cr].[c-]1ccccc1.c1ccc(P(c2ccccc2)c2ccccc2)cc1. The molecule has 3 nitrogen and oxygen atoms in total. The molecule has 0 saturated heterocycles. The first-order chi connectivity index (χ1) is 15.4. The van der Waals surface area contributed by atoms with Crippen molar-refractivity contribution in [1.82, 2.24) is 0 Å². The summed E-state index contributed by atoms with van der Waals surface area (Å²) >= 11 is 0. The summed E-state index contributed by atoms with van der Waals surface area (Å²) in [6.45, 7) is 13.5. The van der Waals surface area contributed by atoms with Crippen molar-refractivity contribution >= 4 is 23.8 Å². The third-order valence-electron chi connectivity index (χ3n) is 3.65. The molecule has 6 heteroatoms. The minimum Gasteiger partial charge on any atom is -0.184 e. The van der Waals surface area contributed by atoms with E-state index in [1.807, 2.05) is 30.3 Å². The van der Waals surface area contributed by atoms with E-state index in [4.69, 9.17) is 14.0 Å². The van der Waals surface area contributed by atoms with E-state index in [-0.39, 0.29) is 39.7 Å². The van der Waals surface area contributed by atoms with Crippen LogP contribution in [0.4, 0.5) is 0 Å². The van der Waals surface area contributed by atoms with Gasteiger partial charge in [-0.25, -0.2) is 0 Å². The van der Waals surface area contributed by atoms with Crippen LogP contribution in [-0.2, 0) is 53.7 Å². The molecule has 0 aromatic heterocycles. The molecule has 4 aromatic carbocycles. The zero-order valence-electron chi connectivity index (χ0n) is 17.4. The van der Waals surface area contributed by atoms with E-state index < -0.39 is 7.92 Å². The van der Waals surface area contributed by atoms with Gasteiger partial charge < -0.3 is 0 Å². The van der Waals surface area contributed by atoms with Crippen LogP contribution in [0.15, 0.2) is 121 Å². The maximum absolute atomic E-state index is 7.50. The first kappa shape index (κ1) is 35.4. The predicted octanol–water partition coefficient (Wildman–Crippen LogP) is 4.81. The van der Waals surface area contributed by atoms with Gasteiger partial charge in [-0.1, -0.05) is 91.0 Å². The van der Waals surface area contributed by atoms with E-state index in [1.54, 1.807) is 0 Å². The molecule has 0 N–H and O–H groups in total. The predicted molar refractivity (Wildman–Crippen MR) is 122 cm³/mol. The van der Waals surface area contributed by atoms with Crippen LogP contribution in [0.5, 0.6) is 0 Å². The van der Waals surface area contributed by atoms with Gasteiger partial charge in [0.2, 0.25) is 0 Å². The minimum absolute atomic E-state index is 0. The standard InChI is InChI=1S/C18H15P.C6H5.3CO.Au.Cr/c1-4-10-16(11-5-1)19(17-12-6-2-7-13-17)18-14-8-3-9-15-18;1-2-4-6-5-3-1;3*1-2;;/h1-15H;1-5H;;;;;/q;-1;;;;+1;. The van der Waals surface area contributed by atoms with Crippen LogP contribution in [0.2, 0.25) is 0 Å². The molecule has 0 spiro atoms. The zero-order valence-corrected chi connectivity index (χ0v) is 21.8. The van der Waals surface area contributed by atoms with Gasteiger partial charge in [0.15, 0.2) is 0 Å². The number of hydrogen-bond donors (Lipinski definition) is 0. The largest absolute Gasteiger partial charge is 0.184 e. The maximum atomic E-state index is 7.50. The van der Waals surface area contributed by atoms with Gasteiger partial charge in [0.1, 0.15) is 0 Å². The summed E-state index contributed by atoms with van der Waals surface area (Å²) in [5.41, 5.74) is 0. The summed E-state index contributed by atoms with van der Waals surface area (Å²) < 4.78 is 22.5. The molecule has 0 fully saturated rings. The normalized spacial score (nSPS) is 7.73. The quantitative estimate of drug-likeness (QED) is 0.130. The molecule has 4 aromatic rings. The van der Waals surface area contributed by atoms with Crippen molar-refractivity contribution in [3.63, 3.8) is 0 Å². The van der Waals surface area contributed by atoms with E-state index in [0.29, 0.717) is 0 Å². The molecular formula is C27H20AuCrO3P. The molecule has 168 valence electrons. The average Bonchev–Trinajstić information content (AvgIpc) is 2.91. The van der Waals surface area contributed by atoms with Gasteiger partial charge in [-0.2, -0.15) is 36.4 Å². The molecule has 0 aliphatic rings. The van der Waals surface area contributed by atoms with Gasteiger partial charge in [-0.15, -0.1) is 0 Å². The second-order valence-corrected chi connectivity index (χ2v) is 7.64. The average molecular weight is 672 g/mol. The summed E-state index contributed by atoms with van der Waals surface area (Å²) in [5, 5.41) is 4.19. The van der Waals surface area contributed by atoms with E-state index in [0.717, 1.165) is 0 Å². The molecule has 0 aliphatic heterocycles. The first-order valence-electron chi connectivity index (χ1n) is 8.93. The molecule has 0 saturated carbocycles. The Hall–Kier alpha value is -2.20. The molecule has 4 rings (SSSR count). The second kappa shape index (κ2) is 26.1. The van der Waals surface area contributed by atoms with Gasteiger partial charge in [0, 0.05) is 17.4 Å². The van der Waals surface area contributed by atoms with Crippen LogP contribution < -0.4 is 15.9 Å². The Morgan fingerprint density at radius 2 is 0.697 bits per heavy atom. The van der Waals surface area contributed by atoms with Gasteiger partial charge in [0.25, 0.3) is 0 Å². The van der Waals surface area contributed by atoms with Crippen molar-refractivity contribution in [3.8, 4) is 0 Å². The monoisotopic (exact) mass is 672 g/mol. The first-order valence-corrected chi connectivity index (χ1v) is 10.3. The fourth-order valence-electron chi connectivity index (χ4n) is 2.52. The van der Waals surface area contributed by atoms with E-state index in [2.05, 4.69) is 117 Å². The maximum Gasteiger partial charge on any atom is 0 e. The van der Waals surface area contributed by atoms with Crippen molar-refractivity contribution in [1.29, 1.82) is 0 Å². The van der Waals surface area contributed by atoms with Crippen LogP contribution in [0.25, 0.3) is 0 Å². The Morgan fingerprint density at radius 1 is 0.455 bits per heavy atom. The van der Waals surface area contributed by atoms with Crippen molar-refractivity contribution in [2.75, 3.05) is 0 Å². The topological polar surface area (TPSA) is 59.7 Å². The summed E-state index contributed by atoms with van der Waals surface area (Å²) in [4.78, 5) is 0. The Balaban J connectivity index is -0.000000546. The van der Waals surface area contributed by atoms with Gasteiger partial charge in [-0.05, 0) is 23.8 Å². The summed E-state index contributed by atoms with van der Waals surface area (Å²) in [5.74, 6) is 0. The van der Waals surface area contributed by atoms with Gasteiger partial charge >= 0.3 is 56.3 Å². The van der Waals surface area contributed by atoms with Crippen LogP contribution in [0.3, 0.4) is 0 Å². The molecule has 0 unspecified atom stereocenters. The van der Waals surface area contributed by atoms with Gasteiger partial charge in [-0.3, -0.25) is 0 Å². The van der Waals surface area contributed by atoms with Gasteiger partial charge in [0.05, 0.1) is 0 Å². The Bertz CT molecular complexity index is 846. The molecule has 0 amide bonds. The van der Waals surface area contributed by atoms with E-state index in [1.165, 1.54) is 15.9 Å². The van der Waals surface area contributed by atoms with Crippen LogP contribution in [-0.4, -0.2) is 0 Å². The van der Waals surface area contributed by atoms with Crippen LogP contribution >= 0.6 is 7.92 Å². The Morgan fingerprint density at radius 3 is 0.879 bits per heavy atom. The number of benzene rings is 4. The third-order valence-corrected chi connectivity index (χ3v) is 6.09. The number of rotatable bonds is 3. The van der Waals surface area contributed by atoms with Crippen molar-refractivity contribution in [2.24, 2.45) is 0 Å². The smallest absolute Gasteiger partial charge is 0 e. The fraction of sp³-hybridized carbons (Fsp3) is 0. The molecule has 0 aliphatic carbocycles. The summed E-state index contributed by atoms with van der Waals surface area (Å²) in [6.07, 6.45) is 0. The van der Waals surface area contributed by atoms with Crippen LogP contribution in [0.1, 0.15) is 0 Å². The van der Waals surface area contributed by atoms with E-state index in [9.17, 15) is 0 Å². The number of hydrogen-bond acceptors (Lipinski definition) is 0. The molecule has 33 heavy (non-hydrogen) atoms. The summed E-state index contributed by atoms with van der Waals surface area (Å²) in [7, 11) is -0.446. The molecular weight excluding hydrogens is 652 g/mol. The fourth-order valence-corrected chi connectivity index (χ4v) is 4.83. The van der Waals surface area contributed by atoms with Crippen molar-refractivity contribution < 1.29 is 53.7 Å². The van der Waals surface area contributed by atoms with Crippen LogP contribution in [0, 0.1) is 26.0 Å². The molecule has 0 bridgehead atoms. The van der Waals surface area contributed by atoms with Crippen molar-refractivity contribution in [2.45, 2.75) is 0 Å². The summed E-state index contributed by atoms with van der Waals surface area (Å²) in [6, 6.07) is 44.8. The Labute approximate surface area is 223 Å². The molecule has 0 atom stereocenters.